The molecule has 2 aliphatic heterocycles. The fourth-order valence-corrected chi connectivity index (χ4v) is 4.61. The van der Waals surface area contributed by atoms with Crippen LogP contribution in [0.5, 0.6) is 0 Å². The maximum absolute atomic E-state index is 13.4. The van der Waals surface area contributed by atoms with E-state index in [0.29, 0.717) is 50.7 Å². The Balaban J connectivity index is 1.32. The Bertz CT molecular complexity index is 995. The van der Waals surface area contributed by atoms with E-state index in [4.69, 9.17) is 16.3 Å². The number of halogens is 2. The molecule has 1 saturated heterocycles. The number of aliphatic hydroxyl groups is 1. The first-order chi connectivity index (χ1) is 15.0. The number of fused-ring (bicyclic) bond motifs is 1. The number of hydrogen-bond acceptors (Lipinski definition) is 6. The molecule has 1 amide bonds. The SMILES string of the molecule is O=C(c1n[nH]c2c1CN(C(O)Nc1ccc(F)c(Cl)c1)CC2)N1CCCOCC12CC2. The fourth-order valence-electron chi connectivity index (χ4n) is 4.43. The van der Waals surface area contributed by atoms with Crippen molar-refractivity contribution < 1.29 is 19.0 Å². The molecule has 1 aromatic heterocycles. The van der Waals surface area contributed by atoms with Crippen molar-refractivity contribution in [2.75, 3.05) is 31.6 Å². The van der Waals surface area contributed by atoms with E-state index in [-0.39, 0.29) is 16.5 Å². The van der Waals surface area contributed by atoms with Crippen LogP contribution in [0.4, 0.5) is 10.1 Å². The van der Waals surface area contributed by atoms with Gasteiger partial charge in [-0.25, -0.2) is 4.39 Å². The average Bonchev–Trinajstić information content (AvgIpc) is 3.47. The number of aromatic amines is 1. The number of benzene rings is 1. The first kappa shape index (κ1) is 20.7. The predicted octanol–water partition coefficient (Wildman–Crippen LogP) is 2.34. The molecular formula is C21H25ClFN5O3. The lowest BCUT2D eigenvalue weighted by Gasteiger charge is -2.33. The smallest absolute Gasteiger partial charge is 0.275 e. The highest BCUT2D eigenvalue weighted by Gasteiger charge is 2.52. The summed E-state index contributed by atoms with van der Waals surface area (Å²) in [5.41, 5.74) is 2.48. The first-order valence-corrected chi connectivity index (χ1v) is 10.9. The summed E-state index contributed by atoms with van der Waals surface area (Å²) in [6.45, 7) is 2.87. The number of carbonyl (C=O) groups is 1. The molecule has 2 aromatic rings. The molecule has 2 fully saturated rings. The molecule has 8 nitrogen and oxygen atoms in total. The summed E-state index contributed by atoms with van der Waals surface area (Å²) in [5, 5.41) is 21.0. The molecule has 10 heteroatoms. The zero-order chi connectivity index (χ0) is 21.6. The van der Waals surface area contributed by atoms with Crippen LogP contribution in [-0.2, 0) is 17.7 Å². The van der Waals surface area contributed by atoms with Crippen LogP contribution >= 0.6 is 11.6 Å². The number of carbonyl (C=O) groups excluding carboxylic acids is 1. The van der Waals surface area contributed by atoms with Gasteiger partial charge in [0, 0.05) is 49.6 Å². The van der Waals surface area contributed by atoms with E-state index in [1.165, 1.54) is 18.2 Å². The lowest BCUT2D eigenvalue weighted by Crippen LogP contribution is -2.46. The molecule has 166 valence electrons. The highest BCUT2D eigenvalue weighted by atomic mass is 35.5. The van der Waals surface area contributed by atoms with Crippen LogP contribution in [0.2, 0.25) is 5.02 Å². The van der Waals surface area contributed by atoms with Crippen LogP contribution in [0.25, 0.3) is 0 Å². The van der Waals surface area contributed by atoms with E-state index in [1.807, 2.05) is 9.80 Å². The van der Waals surface area contributed by atoms with Crippen molar-refractivity contribution in [2.24, 2.45) is 0 Å². The molecule has 0 bridgehead atoms. The van der Waals surface area contributed by atoms with Crippen LogP contribution in [0.3, 0.4) is 0 Å². The molecule has 31 heavy (non-hydrogen) atoms. The number of nitrogens with one attached hydrogen (secondary N) is 2. The third kappa shape index (κ3) is 3.91. The van der Waals surface area contributed by atoms with Crippen LogP contribution in [0.1, 0.15) is 41.0 Å². The molecule has 5 rings (SSSR count). The third-order valence-electron chi connectivity index (χ3n) is 6.41. The first-order valence-electron chi connectivity index (χ1n) is 10.6. The second kappa shape index (κ2) is 8.05. The molecule has 3 N–H and O–H groups in total. The standard InChI is InChI=1S/C21H25ClFN5O3/c22-15-10-13(2-3-16(15)23)24-20(30)27-8-4-17-14(11-27)18(26-25-17)19(29)28-7-1-9-31-12-21(28)5-6-21/h2-3,10,20,24,30H,1,4-9,11-12H2,(H,25,26). The van der Waals surface area contributed by atoms with Gasteiger partial charge in [0.15, 0.2) is 12.0 Å². The van der Waals surface area contributed by atoms with Gasteiger partial charge in [0.2, 0.25) is 0 Å². The molecule has 3 aliphatic rings. The largest absolute Gasteiger partial charge is 0.379 e. The van der Waals surface area contributed by atoms with Gasteiger partial charge in [-0.05, 0) is 37.5 Å². The van der Waals surface area contributed by atoms with Crippen LogP contribution < -0.4 is 5.32 Å². The molecule has 1 spiro atoms. The second-order valence-electron chi connectivity index (χ2n) is 8.48. The number of anilines is 1. The lowest BCUT2D eigenvalue weighted by atomic mass is 10.0. The van der Waals surface area contributed by atoms with Crippen molar-refractivity contribution >= 4 is 23.2 Å². The number of ether oxygens (including phenoxy) is 1. The fraction of sp³-hybridized carbons (Fsp3) is 0.524. The normalized spacial score (nSPS) is 21.5. The van der Waals surface area contributed by atoms with E-state index in [2.05, 4.69) is 15.5 Å². The van der Waals surface area contributed by atoms with Crippen molar-refractivity contribution in [3.8, 4) is 0 Å². The molecule has 1 aromatic carbocycles. The summed E-state index contributed by atoms with van der Waals surface area (Å²) in [7, 11) is 0. The van der Waals surface area contributed by atoms with Gasteiger partial charge >= 0.3 is 0 Å². The number of aliphatic hydroxyl groups excluding tert-OH is 1. The quantitative estimate of drug-likeness (QED) is 0.620. The van der Waals surface area contributed by atoms with Gasteiger partial charge in [0.25, 0.3) is 5.91 Å². The maximum atomic E-state index is 13.4. The number of H-pyrrole nitrogens is 1. The molecule has 1 aliphatic carbocycles. The van der Waals surface area contributed by atoms with Crippen LogP contribution in [0, 0.1) is 5.82 Å². The summed E-state index contributed by atoms with van der Waals surface area (Å²) in [4.78, 5) is 17.2. The Morgan fingerprint density at radius 3 is 3.00 bits per heavy atom. The van der Waals surface area contributed by atoms with Crippen molar-refractivity contribution in [3.05, 3.63) is 46.0 Å². The third-order valence-corrected chi connectivity index (χ3v) is 6.70. The zero-order valence-electron chi connectivity index (χ0n) is 17.0. The number of hydrogen-bond donors (Lipinski definition) is 3. The Morgan fingerprint density at radius 1 is 1.39 bits per heavy atom. The second-order valence-corrected chi connectivity index (χ2v) is 8.89. The van der Waals surface area contributed by atoms with E-state index >= 15 is 0 Å². The summed E-state index contributed by atoms with van der Waals surface area (Å²) in [6, 6.07) is 4.19. The molecule has 1 saturated carbocycles. The number of amides is 1. The minimum atomic E-state index is -1.02. The zero-order valence-corrected chi connectivity index (χ0v) is 17.8. The maximum Gasteiger partial charge on any atom is 0.275 e. The van der Waals surface area contributed by atoms with Crippen LogP contribution in [-0.4, -0.2) is 69.2 Å². The van der Waals surface area contributed by atoms with Crippen molar-refractivity contribution in [1.29, 1.82) is 0 Å². The van der Waals surface area contributed by atoms with Gasteiger partial charge in [-0.3, -0.25) is 14.8 Å². The van der Waals surface area contributed by atoms with Crippen LogP contribution in [0.15, 0.2) is 18.2 Å². The van der Waals surface area contributed by atoms with Gasteiger partial charge in [0.1, 0.15) is 5.82 Å². The van der Waals surface area contributed by atoms with Gasteiger partial charge in [-0.1, -0.05) is 11.6 Å². The molecule has 1 atom stereocenters. The highest BCUT2D eigenvalue weighted by molar-refractivity contribution is 6.31. The van der Waals surface area contributed by atoms with Crippen molar-refractivity contribution in [3.63, 3.8) is 0 Å². The predicted molar refractivity (Wildman–Crippen MR) is 112 cm³/mol. The minimum Gasteiger partial charge on any atom is -0.379 e. The molecule has 0 radical (unpaired) electrons. The number of nitrogens with zero attached hydrogens (tertiary/aromatic N) is 3. The summed E-state index contributed by atoms with van der Waals surface area (Å²) in [5.74, 6) is -0.590. The number of aromatic nitrogens is 2. The lowest BCUT2D eigenvalue weighted by molar-refractivity contribution is 0.0157. The summed E-state index contributed by atoms with van der Waals surface area (Å²) < 4.78 is 19.1. The topological polar surface area (TPSA) is 93.7 Å². The Labute approximate surface area is 184 Å². The van der Waals surface area contributed by atoms with E-state index in [9.17, 15) is 14.3 Å². The average molecular weight is 450 g/mol. The Hall–Kier alpha value is -2.20. The van der Waals surface area contributed by atoms with Gasteiger partial charge in [-0.15, -0.1) is 0 Å². The van der Waals surface area contributed by atoms with E-state index in [0.717, 1.165) is 30.5 Å². The van der Waals surface area contributed by atoms with Gasteiger partial charge in [-0.2, -0.15) is 5.10 Å². The van der Waals surface area contributed by atoms with E-state index in [1.54, 1.807) is 0 Å². The molecule has 3 heterocycles. The Morgan fingerprint density at radius 2 is 2.23 bits per heavy atom. The monoisotopic (exact) mass is 449 g/mol. The molecule has 1 unspecified atom stereocenters. The number of rotatable bonds is 4. The summed E-state index contributed by atoms with van der Waals surface area (Å²) in [6.07, 6.45) is 2.34. The van der Waals surface area contributed by atoms with Crippen molar-refractivity contribution in [2.45, 2.75) is 44.1 Å². The van der Waals surface area contributed by atoms with Gasteiger partial charge in [0.05, 0.1) is 17.2 Å². The van der Waals surface area contributed by atoms with Gasteiger partial charge < -0.3 is 20.1 Å². The summed E-state index contributed by atoms with van der Waals surface area (Å²) >= 11 is 5.83. The molecular weight excluding hydrogens is 425 g/mol. The minimum absolute atomic E-state index is 0.0173. The Kier molecular flexibility index (Phi) is 5.37. The van der Waals surface area contributed by atoms with Crippen molar-refractivity contribution in [1.82, 2.24) is 20.0 Å². The van der Waals surface area contributed by atoms with E-state index < -0.39 is 12.2 Å². The highest BCUT2D eigenvalue weighted by Crippen LogP contribution is 2.44.